The Labute approximate surface area is 104 Å². The van der Waals surface area contributed by atoms with Gasteiger partial charge in [0.1, 0.15) is 0 Å². The maximum absolute atomic E-state index is 11.3. The SMILES string of the molecule is CC1CCC(CNCCN2CCNC2=O)CC1. The third-order valence-electron chi connectivity index (χ3n) is 4.07. The molecule has 0 aromatic heterocycles. The normalized spacial score (nSPS) is 29.5. The average molecular weight is 239 g/mol. The summed E-state index contributed by atoms with van der Waals surface area (Å²) >= 11 is 0. The Morgan fingerprint density at radius 3 is 2.76 bits per heavy atom. The quantitative estimate of drug-likeness (QED) is 0.713. The highest BCUT2D eigenvalue weighted by Gasteiger charge is 2.19. The lowest BCUT2D eigenvalue weighted by Gasteiger charge is -2.26. The molecule has 2 rings (SSSR count). The zero-order valence-electron chi connectivity index (χ0n) is 10.9. The van der Waals surface area contributed by atoms with Crippen LogP contribution in [0.15, 0.2) is 0 Å². The highest BCUT2D eigenvalue weighted by molar-refractivity contribution is 5.76. The fourth-order valence-electron chi connectivity index (χ4n) is 2.78. The van der Waals surface area contributed by atoms with E-state index < -0.39 is 0 Å². The van der Waals surface area contributed by atoms with Crippen LogP contribution < -0.4 is 10.6 Å². The zero-order valence-corrected chi connectivity index (χ0v) is 10.9. The summed E-state index contributed by atoms with van der Waals surface area (Å²) < 4.78 is 0. The van der Waals surface area contributed by atoms with Crippen molar-refractivity contribution in [2.45, 2.75) is 32.6 Å². The first-order chi connectivity index (χ1) is 8.25. The van der Waals surface area contributed by atoms with E-state index in [0.717, 1.165) is 44.6 Å². The number of nitrogens with zero attached hydrogens (tertiary/aromatic N) is 1. The lowest BCUT2D eigenvalue weighted by Crippen LogP contribution is -2.36. The fraction of sp³-hybridized carbons (Fsp3) is 0.923. The van der Waals surface area contributed by atoms with Gasteiger partial charge in [-0.05, 0) is 31.2 Å². The molecule has 1 heterocycles. The second-order valence-corrected chi connectivity index (χ2v) is 5.55. The molecule has 1 saturated carbocycles. The van der Waals surface area contributed by atoms with Crippen LogP contribution in [0.25, 0.3) is 0 Å². The molecule has 1 saturated heterocycles. The average Bonchev–Trinajstić information content (AvgIpc) is 2.73. The molecule has 0 aromatic carbocycles. The lowest BCUT2D eigenvalue weighted by molar-refractivity contribution is 0.216. The van der Waals surface area contributed by atoms with Crippen LogP contribution in [0.3, 0.4) is 0 Å². The number of hydrogen-bond donors (Lipinski definition) is 2. The Hall–Kier alpha value is -0.770. The Balaban J connectivity index is 1.52. The molecule has 0 bridgehead atoms. The van der Waals surface area contributed by atoms with Gasteiger partial charge in [0.15, 0.2) is 0 Å². The second kappa shape index (κ2) is 6.24. The first kappa shape index (κ1) is 12.7. The summed E-state index contributed by atoms with van der Waals surface area (Å²) in [6, 6.07) is 0.0956. The van der Waals surface area contributed by atoms with Crippen molar-refractivity contribution in [1.82, 2.24) is 15.5 Å². The van der Waals surface area contributed by atoms with E-state index in [9.17, 15) is 4.79 Å². The third kappa shape index (κ3) is 3.87. The molecule has 4 heteroatoms. The van der Waals surface area contributed by atoms with Crippen LogP contribution in [0.4, 0.5) is 4.79 Å². The van der Waals surface area contributed by atoms with Crippen LogP contribution in [0.2, 0.25) is 0 Å². The smallest absolute Gasteiger partial charge is 0.317 e. The Morgan fingerprint density at radius 2 is 2.12 bits per heavy atom. The summed E-state index contributed by atoms with van der Waals surface area (Å²) in [6.07, 6.45) is 5.53. The van der Waals surface area contributed by atoms with Crippen LogP contribution in [-0.4, -0.2) is 43.7 Å². The van der Waals surface area contributed by atoms with Gasteiger partial charge in [0, 0.05) is 26.2 Å². The predicted octanol–water partition coefficient (Wildman–Crippen LogP) is 1.43. The molecule has 98 valence electrons. The molecule has 0 aromatic rings. The van der Waals surface area contributed by atoms with Gasteiger partial charge in [-0.2, -0.15) is 0 Å². The number of carbonyl (C=O) groups is 1. The van der Waals surface area contributed by atoms with Gasteiger partial charge in [-0.15, -0.1) is 0 Å². The topological polar surface area (TPSA) is 44.4 Å². The maximum Gasteiger partial charge on any atom is 0.317 e. The molecule has 17 heavy (non-hydrogen) atoms. The number of carbonyl (C=O) groups excluding carboxylic acids is 1. The number of rotatable bonds is 5. The van der Waals surface area contributed by atoms with Gasteiger partial charge in [-0.3, -0.25) is 0 Å². The monoisotopic (exact) mass is 239 g/mol. The molecule has 1 aliphatic carbocycles. The summed E-state index contributed by atoms with van der Waals surface area (Å²) in [5.74, 6) is 1.79. The number of urea groups is 1. The van der Waals surface area contributed by atoms with Gasteiger partial charge in [-0.25, -0.2) is 4.79 Å². The summed E-state index contributed by atoms with van der Waals surface area (Å²) in [5, 5.41) is 6.32. The van der Waals surface area contributed by atoms with Crippen LogP contribution in [0.5, 0.6) is 0 Å². The van der Waals surface area contributed by atoms with Gasteiger partial charge in [0.25, 0.3) is 0 Å². The largest absolute Gasteiger partial charge is 0.336 e. The molecule has 2 amide bonds. The second-order valence-electron chi connectivity index (χ2n) is 5.55. The van der Waals surface area contributed by atoms with Crippen molar-refractivity contribution in [3.05, 3.63) is 0 Å². The van der Waals surface area contributed by atoms with E-state index in [4.69, 9.17) is 0 Å². The van der Waals surface area contributed by atoms with Gasteiger partial charge >= 0.3 is 6.03 Å². The summed E-state index contributed by atoms with van der Waals surface area (Å²) in [5.41, 5.74) is 0. The molecule has 1 aliphatic heterocycles. The van der Waals surface area contributed by atoms with Crippen molar-refractivity contribution in [1.29, 1.82) is 0 Å². The number of hydrogen-bond acceptors (Lipinski definition) is 2. The minimum absolute atomic E-state index is 0.0956. The predicted molar refractivity (Wildman–Crippen MR) is 69.0 cm³/mol. The minimum Gasteiger partial charge on any atom is -0.336 e. The van der Waals surface area contributed by atoms with Crippen LogP contribution >= 0.6 is 0 Å². The van der Waals surface area contributed by atoms with E-state index in [1.807, 2.05) is 4.90 Å². The fourth-order valence-corrected chi connectivity index (χ4v) is 2.78. The molecular formula is C13H25N3O. The standard InChI is InChI=1S/C13H25N3O/c1-11-2-4-12(5-3-11)10-14-6-8-16-9-7-15-13(16)17/h11-12,14H,2-10H2,1H3,(H,15,17). The molecule has 0 spiro atoms. The molecule has 2 fully saturated rings. The minimum atomic E-state index is 0.0956. The third-order valence-corrected chi connectivity index (χ3v) is 4.07. The van der Waals surface area contributed by atoms with Gasteiger partial charge in [0.2, 0.25) is 0 Å². The zero-order chi connectivity index (χ0) is 12.1. The Morgan fingerprint density at radius 1 is 1.35 bits per heavy atom. The summed E-state index contributed by atoms with van der Waals surface area (Å²) in [7, 11) is 0. The highest BCUT2D eigenvalue weighted by Crippen LogP contribution is 2.27. The van der Waals surface area contributed by atoms with Crippen molar-refractivity contribution < 1.29 is 4.79 Å². The molecule has 2 aliphatic rings. The molecule has 0 atom stereocenters. The van der Waals surface area contributed by atoms with Crippen molar-refractivity contribution >= 4 is 6.03 Å². The van der Waals surface area contributed by atoms with Crippen molar-refractivity contribution in [2.75, 3.05) is 32.7 Å². The van der Waals surface area contributed by atoms with E-state index in [1.54, 1.807) is 0 Å². The molecule has 0 unspecified atom stereocenters. The Bertz CT molecular complexity index is 249. The molecular weight excluding hydrogens is 214 g/mol. The van der Waals surface area contributed by atoms with E-state index in [1.165, 1.54) is 25.7 Å². The molecule has 4 nitrogen and oxygen atoms in total. The van der Waals surface area contributed by atoms with Gasteiger partial charge in [-0.1, -0.05) is 19.8 Å². The maximum atomic E-state index is 11.3. The van der Waals surface area contributed by atoms with Crippen LogP contribution in [0, 0.1) is 11.8 Å². The summed E-state index contributed by atoms with van der Waals surface area (Å²) in [4.78, 5) is 13.2. The number of amides is 2. The van der Waals surface area contributed by atoms with E-state index in [-0.39, 0.29) is 6.03 Å². The first-order valence-electron chi connectivity index (χ1n) is 6.99. The van der Waals surface area contributed by atoms with Crippen molar-refractivity contribution in [3.8, 4) is 0 Å². The van der Waals surface area contributed by atoms with Gasteiger partial charge < -0.3 is 15.5 Å². The summed E-state index contributed by atoms with van der Waals surface area (Å²) in [6.45, 7) is 6.92. The highest BCUT2D eigenvalue weighted by atomic mass is 16.2. The van der Waals surface area contributed by atoms with Crippen molar-refractivity contribution in [3.63, 3.8) is 0 Å². The molecule has 0 radical (unpaired) electrons. The van der Waals surface area contributed by atoms with Gasteiger partial charge in [0.05, 0.1) is 0 Å². The Kier molecular flexibility index (Phi) is 4.66. The number of nitrogens with one attached hydrogen (secondary N) is 2. The molecule has 2 N–H and O–H groups in total. The first-order valence-corrected chi connectivity index (χ1v) is 6.99. The van der Waals surface area contributed by atoms with E-state index >= 15 is 0 Å². The van der Waals surface area contributed by atoms with Crippen molar-refractivity contribution in [2.24, 2.45) is 11.8 Å². The lowest BCUT2D eigenvalue weighted by atomic mass is 9.83. The van der Waals surface area contributed by atoms with E-state index in [0.29, 0.717) is 0 Å². The van der Waals surface area contributed by atoms with Crippen LogP contribution in [0.1, 0.15) is 32.6 Å². The van der Waals surface area contributed by atoms with Crippen LogP contribution in [-0.2, 0) is 0 Å². The van der Waals surface area contributed by atoms with E-state index in [2.05, 4.69) is 17.6 Å².